The fourth-order valence-corrected chi connectivity index (χ4v) is 5.63. The van der Waals surface area contributed by atoms with Gasteiger partial charge in [0, 0.05) is 36.6 Å². The molecule has 4 rings (SSSR count). The summed E-state index contributed by atoms with van der Waals surface area (Å²) >= 11 is 3.06. The minimum atomic E-state index is -0.236. The maximum atomic E-state index is 13.7. The maximum absolute atomic E-state index is 13.7. The van der Waals surface area contributed by atoms with Crippen LogP contribution in [0.2, 0.25) is 0 Å². The Bertz CT molecular complexity index is 1010. The second-order valence-corrected chi connectivity index (χ2v) is 9.92. The Hall–Kier alpha value is -2.06. The summed E-state index contributed by atoms with van der Waals surface area (Å²) in [5.41, 5.74) is 3.36. The summed E-state index contributed by atoms with van der Waals surface area (Å²) < 4.78 is 13.7. The highest BCUT2D eigenvalue weighted by molar-refractivity contribution is 7.17. The molecule has 3 aromatic rings. The van der Waals surface area contributed by atoms with E-state index in [2.05, 4.69) is 36.0 Å². The Kier molecular flexibility index (Phi) is 6.34. The number of piperazine rings is 1. The number of nitrogens with zero attached hydrogens (tertiary/aromatic N) is 2. The number of hydrogen-bond acceptors (Lipinski definition) is 5. The Morgan fingerprint density at radius 2 is 1.80 bits per heavy atom. The molecular weight excluding hydrogens is 417 g/mol. The number of anilines is 1. The molecule has 3 heterocycles. The zero-order valence-corrected chi connectivity index (χ0v) is 19.1. The molecule has 0 aliphatic carbocycles. The second-order valence-electron chi connectivity index (χ2n) is 7.75. The number of carbonyl (C=O) groups is 1. The van der Waals surface area contributed by atoms with Gasteiger partial charge in [-0.25, -0.2) is 4.39 Å². The highest BCUT2D eigenvalue weighted by Crippen LogP contribution is 2.42. The van der Waals surface area contributed by atoms with Crippen LogP contribution in [-0.2, 0) is 0 Å². The van der Waals surface area contributed by atoms with Crippen LogP contribution in [0.15, 0.2) is 41.8 Å². The molecule has 0 bridgehead atoms. The van der Waals surface area contributed by atoms with Crippen molar-refractivity contribution < 1.29 is 9.18 Å². The van der Waals surface area contributed by atoms with Crippen LogP contribution in [-0.4, -0.2) is 48.9 Å². The topological polar surface area (TPSA) is 35.6 Å². The standard InChI is InChI=1S/C23H26FN3OS2/c1-15-16(2)30-23(25-22(28)19-5-4-14-29-19)20(15)21(17-6-8-18(24)9-7-17)27-12-10-26(3)11-13-27/h4-9,14,21H,10-13H2,1-3H3,(H,25,28). The summed E-state index contributed by atoms with van der Waals surface area (Å²) in [6, 6.07) is 10.5. The van der Waals surface area contributed by atoms with Crippen molar-refractivity contribution in [2.45, 2.75) is 19.9 Å². The van der Waals surface area contributed by atoms with E-state index in [0.29, 0.717) is 4.88 Å². The first-order chi connectivity index (χ1) is 14.4. The lowest BCUT2D eigenvalue weighted by molar-refractivity contribution is 0.103. The van der Waals surface area contributed by atoms with Gasteiger partial charge in [-0.2, -0.15) is 0 Å². The minimum absolute atomic E-state index is 0.0251. The van der Waals surface area contributed by atoms with E-state index in [1.54, 1.807) is 11.3 Å². The minimum Gasteiger partial charge on any atom is -0.313 e. The lowest BCUT2D eigenvalue weighted by Crippen LogP contribution is -2.46. The lowest BCUT2D eigenvalue weighted by Gasteiger charge is -2.39. The molecule has 1 aliphatic heterocycles. The summed E-state index contributed by atoms with van der Waals surface area (Å²) in [6.07, 6.45) is 0. The highest BCUT2D eigenvalue weighted by Gasteiger charge is 2.31. The van der Waals surface area contributed by atoms with Crippen molar-refractivity contribution in [2.75, 3.05) is 38.5 Å². The molecule has 1 N–H and O–H groups in total. The van der Waals surface area contributed by atoms with Gasteiger partial charge in [-0.1, -0.05) is 18.2 Å². The van der Waals surface area contributed by atoms with E-state index in [0.717, 1.165) is 42.3 Å². The summed E-state index contributed by atoms with van der Waals surface area (Å²) in [6.45, 7) is 8.02. The van der Waals surface area contributed by atoms with Crippen LogP contribution >= 0.6 is 22.7 Å². The zero-order valence-electron chi connectivity index (χ0n) is 17.4. The highest BCUT2D eigenvalue weighted by atomic mass is 32.1. The van der Waals surface area contributed by atoms with Crippen LogP contribution in [0.25, 0.3) is 0 Å². The predicted molar refractivity (Wildman–Crippen MR) is 123 cm³/mol. The number of hydrogen-bond donors (Lipinski definition) is 1. The summed E-state index contributed by atoms with van der Waals surface area (Å²) in [5.74, 6) is -0.316. The first-order valence-corrected chi connectivity index (χ1v) is 11.8. The molecule has 30 heavy (non-hydrogen) atoms. The van der Waals surface area contributed by atoms with Crippen molar-refractivity contribution in [3.05, 3.63) is 74.0 Å². The number of benzene rings is 1. The third kappa shape index (κ3) is 4.34. The van der Waals surface area contributed by atoms with E-state index in [1.807, 2.05) is 29.6 Å². The molecule has 0 radical (unpaired) electrons. The van der Waals surface area contributed by atoms with Crippen molar-refractivity contribution in [3.8, 4) is 0 Å². The fraction of sp³-hybridized carbons (Fsp3) is 0.348. The van der Waals surface area contributed by atoms with E-state index in [9.17, 15) is 9.18 Å². The Balaban J connectivity index is 1.76. The van der Waals surface area contributed by atoms with Gasteiger partial charge in [-0.05, 0) is 55.6 Å². The lowest BCUT2D eigenvalue weighted by atomic mass is 9.94. The van der Waals surface area contributed by atoms with Crippen LogP contribution < -0.4 is 5.32 Å². The number of carbonyl (C=O) groups excluding carboxylic acids is 1. The molecule has 1 amide bonds. The molecule has 0 spiro atoms. The second kappa shape index (κ2) is 8.98. The smallest absolute Gasteiger partial charge is 0.266 e. The van der Waals surface area contributed by atoms with E-state index in [1.165, 1.54) is 33.9 Å². The van der Waals surface area contributed by atoms with Gasteiger partial charge in [0.25, 0.3) is 5.91 Å². The van der Waals surface area contributed by atoms with E-state index in [4.69, 9.17) is 0 Å². The van der Waals surface area contributed by atoms with Gasteiger partial charge in [-0.15, -0.1) is 22.7 Å². The summed E-state index contributed by atoms with van der Waals surface area (Å²) in [7, 11) is 2.14. The van der Waals surface area contributed by atoms with Crippen LogP contribution in [0.3, 0.4) is 0 Å². The van der Waals surface area contributed by atoms with E-state index in [-0.39, 0.29) is 17.8 Å². The number of thiophene rings is 2. The van der Waals surface area contributed by atoms with Gasteiger partial charge in [0.15, 0.2) is 0 Å². The van der Waals surface area contributed by atoms with Gasteiger partial charge in [0.1, 0.15) is 10.8 Å². The normalized spacial score (nSPS) is 16.5. The molecule has 1 fully saturated rings. The molecule has 1 aliphatic rings. The van der Waals surface area contributed by atoms with Crippen LogP contribution in [0.5, 0.6) is 0 Å². The number of nitrogens with one attached hydrogen (secondary N) is 1. The van der Waals surface area contributed by atoms with Crippen molar-refractivity contribution in [1.29, 1.82) is 0 Å². The number of halogens is 1. The fourth-order valence-electron chi connectivity index (χ4n) is 3.92. The average Bonchev–Trinajstić information content (AvgIpc) is 3.36. The molecule has 158 valence electrons. The van der Waals surface area contributed by atoms with Gasteiger partial charge in [0.05, 0.1) is 10.9 Å². The van der Waals surface area contributed by atoms with Crippen molar-refractivity contribution in [3.63, 3.8) is 0 Å². The molecule has 1 atom stereocenters. The first-order valence-electron chi connectivity index (χ1n) is 10.1. The quantitative estimate of drug-likeness (QED) is 0.592. The third-order valence-electron chi connectivity index (χ3n) is 5.77. The van der Waals surface area contributed by atoms with Crippen molar-refractivity contribution >= 4 is 33.6 Å². The number of aryl methyl sites for hydroxylation is 1. The van der Waals surface area contributed by atoms with Gasteiger partial charge in [-0.3, -0.25) is 9.69 Å². The van der Waals surface area contributed by atoms with Crippen molar-refractivity contribution in [1.82, 2.24) is 9.80 Å². The molecular formula is C23H26FN3OS2. The number of amides is 1. The first kappa shape index (κ1) is 21.2. The van der Waals surface area contributed by atoms with Crippen molar-refractivity contribution in [2.24, 2.45) is 0 Å². The summed E-state index contributed by atoms with van der Waals surface area (Å²) in [4.78, 5) is 19.5. The Labute approximate surface area is 185 Å². The average molecular weight is 444 g/mol. The Morgan fingerprint density at radius 3 is 2.43 bits per heavy atom. The molecule has 2 aromatic heterocycles. The van der Waals surface area contributed by atoms with E-state index >= 15 is 0 Å². The maximum Gasteiger partial charge on any atom is 0.266 e. The molecule has 1 saturated heterocycles. The van der Waals surface area contributed by atoms with E-state index < -0.39 is 0 Å². The van der Waals surface area contributed by atoms with Gasteiger partial charge >= 0.3 is 0 Å². The predicted octanol–water partition coefficient (Wildman–Crippen LogP) is 5.15. The monoisotopic (exact) mass is 443 g/mol. The SMILES string of the molecule is Cc1sc(NC(=O)c2cccs2)c(C(c2ccc(F)cc2)N2CCN(C)CC2)c1C. The zero-order chi connectivity index (χ0) is 21.3. The summed E-state index contributed by atoms with van der Waals surface area (Å²) in [5, 5.41) is 5.96. The Morgan fingerprint density at radius 1 is 1.10 bits per heavy atom. The largest absolute Gasteiger partial charge is 0.313 e. The van der Waals surface area contributed by atoms with Crippen LogP contribution in [0, 0.1) is 19.7 Å². The molecule has 7 heteroatoms. The van der Waals surface area contributed by atoms with Crippen LogP contribution in [0.4, 0.5) is 9.39 Å². The van der Waals surface area contributed by atoms with Gasteiger partial charge < -0.3 is 10.2 Å². The third-order valence-corrected chi connectivity index (χ3v) is 7.77. The van der Waals surface area contributed by atoms with Crippen LogP contribution in [0.1, 0.15) is 37.3 Å². The van der Waals surface area contributed by atoms with Gasteiger partial charge in [0.2, 0.25) is 0 Å². The number of rotatable bonds is 5. The molecule has 0 saturated carbocycles. The molecule has 1 aromatic carbocycles. The molecule has 4 nitrogen and oxygen atoms in total. The number of likely N-dealkylation sites (N-methyl/N-ethyl adjacent to an activating group) is 1. The molecule has 1 unspecified atom stereocenters.